The van der Waals surface area contributed by atoms with Crippen molar-refractivity contribution >= 4 is 45.9 Å². The Morgan fingerprint density at radius 2 is 2.14 bits per heavy atom. The lowest BCUT2D eigenvalue weighted by Gasteiger charge is -2.12. The Balaban J connectivity index is 1.86. The van der Waals surface area contributed by atoms with Gasteiger partial charge in [0.25, 0.3) is 5.56 Å². The molecular weight excluding hydrogens is 396 g/mol. The predicted octanol–water partition coefficient (Wildman–Crippen LogP) is 3.84. The molecule has 2 aromatic carbocycles. The summed E-state index contributed by atoms with van der Waals surface area (Å²) in [6, 6.07) is 13.7. The third-order valence-corrected chi connectivity index (χ3v) is 5.06. The molecule has 140 valence electrons. The van der Waals surface area contributed by atoms with E-state index in [1.54, 1.807) is 48.5 Å². The first-order valence-electron chi connectivity index (χ1n) is 8.26. The van der Waals surface area contributed by atoms with Gasteiger partial charge in [-0.1, -0.05) is 41.6 Å². The Hall–Kier alpha value is -3.08. The molecule has 0 radical (unpaired) electrons. The summed E-state index contributed by atoms with van der Waals surface area (Å²) in [5.41, 5.74) is 1.06. The van der Waals surface area contributed by atoms with Crippen LogP contribution in [0.5, 0.6) is 0 Å². The highest BCUT2D eigenvalue weighted by molar-refractivity contribution is 7.99. The first-order valence-corrected chi connectivity index (χ1v) is 9.62. The number of nitriles is 1. The van der Waals surface area contributed by atoms with Gasteiger partial charge in [0, 0.05) is 11.6 Å². The minimum atomic E-state index is -0.307. The molecule has 0 aliphatic carbocycles. The lowest BCUT2D eigenvalue weighted by atomic mass is 10.2. The molecular formula is C20H15ClN4O2S. The van der Waals surface area contributed by atoms with Gasteiger partial charge in [-0.3, -0.25) is 14.2 Å². The van der Waals surface area contributed by atoms with Crippen molar-refractivity contribution in [1.29, 1.82) is 5.26 Å². The van der Waals surface area contributed by atoms with Crippen LogP contribution in [0.4, 0.5) is 5.69 Å². The zero-order valence-electron chi connectivity index (χ0n) is 14.7. The van der Waals surface area contributed by atoms with E-state index in [0.717, 1.165) is 11.8 Å². The number of amides is 1. The van der Waals surface area contributed by atoms with Gasteiger partial charge >= 0.3 is 0 Å². The first kappa shape index (κ1) is 19.7. The first-order chi connectivity index (χ1) is 13.5. The van der Waals surface area contributed by atoms with Gasteiger partial charge in [-0.2, -0.15) is 5.26 Å². The van der Waals surface area contributed by atoms with E-state index >= 15 is 0 Å². The number of benzene rings is 2. The van der Waals surface area contributed by atoms with Crippen LogP contribution >= 0.6 is 23.4 Å². The fourth-order valence-corrected chi connectivity index (χ4v) is 3.55. The number of aromatic nitrogens is 2. The lowest BCUT2D eigenvalue weighted by molar-refractivity contribution is -0.113. The number of anilines is 1. The molecule has 0 fully saturated rings. The predicted molar refractivity (Wildman–Crippen MR) is 112 cm³/mol. The van der Waals surface area contributed by atoms with Gasteiger partial charge in [-0.15, -0.1) is 6.58 Å². The second-order valence-corrected chi connectivity index (χ2v) is 7.13. The monoisotopic (exact) mass is 410 g/mol. The normalized spacial score (nSPS) is 10.4. The lowest BCUT2D eigenvalue weighted by Crippen LogP contribution is -2.24. The highest BCUT2D eigenvalue weighted by Crippen LogP contribution is 2.21. The molecule has 1 N–H and O–H groups in total. The summed E-state index contributed by atoms with van der Waals surface area (Å²) in [5.74, 6) is -0.284. The van der Waals surface area contributed by atoms with Crippen LogP contribution in [0.15, 0.2) is 65.1 Å². The van der Waals surface area contributed by atoms with Crippen LogP contribution in [0.3, 0.4) is 0 Å². The number of allylic oxidation sites excluding steroid dienone is 1. The van der Waals surface area contributed by atoms with Crippen LogP contribution in [0.1, 0.15) is 5.56 Å². The molecule has 0 spiro atoms. The number of carbonyl (C=O) groups excluding carboxylic acids is 1. The van der Waals surface area contributed by atoms with Crippen LogP contribution < -0.4 is 10.9 Å². The number of hydrogen-bond donors (Lipinski definition) is 1. The highest BCUT2D eigenvalue weighted by atomic mass is 35.5. The summed E-state index contributed by atoms with van der Waals surface area (Å²) in [5, 5.41) is 13.1. The smallest absolute Gasteiger partial charge is 0.262 e. The van der Waals surface area contributed by atoms with Crippen molar-refractivity contribution in [3.63, 3.8) is 0 Å². The zero-order valence-corrected chi connectivity index (χ0v) is 16.3. The van der Waals surface area contributed by atoms with Crippen molar-refractivity contribution in [3.05, 3.63) is 76.1 Å². The number of fused-ring (bicyclic) bond motifs is 1. The van der Waals surface area contributed by atoms with E-state index in [1.165, 1.54) is 4.57 Å². The fraction of sp³-hybridized carbons (Fsp3) is 0.100. The van der Waals surface area contributed by atoms with Crippen molar-refractivity contribution in [2.75, 3.05) is 11.1 Å². The second kappa shape index (κ2) is 8.74. The van der Waals surface area contributed by atoms with E-state index in [2.05, 4.69) is 16.9 Å². The van der Waals surface area contributed by atoms with Gasteiger partial charge in [0.15, 0.2) is 5.16 Å². The van der Waals surface area contributed by atoms with Gasteiger partial charge in [-0.25, -0.2) is 4.98 Å². The quantitative estimate of drug-likeness (QED) is 0.379. The SMILES string of the molecule is C=CCn1c(SCC(=O)Nc2ccccc2C#N)nc2cc(Cl)ccc2c1=O. The summed E-state index contributed by atoms with van der Waals surface area (Å²) >= 11 is 7.14. The van der Waals surface area contributed by atoms with Crippen molar-refractivity contribution < 1.29 is 4.79 Å². The Morgan fingerprint density at radius 3 is 2.89 bits per heavy atom. The molecule has 0 saturated carbocycles. The fourth-order valence-electron chi connectivity index (χ4n) is 2.58. The molecule has 1 aromatic heterocycles. The molecule has 1 heterocycles. The average Bonchev–Trinajstić information content (AvgIpc) is 2.69. The van der Waals surface area contributed by atoms with E-state index in [4.69, 9.17) is 16.9 Å². The number of hydrogen-bond acceptors (Lipinski definition) is 5. The largest absolute Gasteiger partial charge is 0.324 e. The van der Waals surface area contributed by atoms with Crippen LogP contribution in [-0.4, -0.2) is 21.2 Å². The molecule has 0 unspecified atom stereocenters. The maximum atomic E-state index is 12.8. The minimum absolute atomic E-state index is 0.0232. The van der Waals surface area contributed by atoms with Crippen LogP contribution in [0.25, 0.3) is 10.9 Å². The standard InChI is InChI=1S/C20H15ClN4O2S/c1-2-9-25-19(27)15-8-7-14(21)10-17(15)24-20(25)28-12-18(26)23-16-6-4-3-5-13(16)11-22/h2-8,10H,1,9,12H2,(H,23,26). The van der Waals surface area contributed by atoms with E-state index in [9.17, 15) is 9.59 Å². The van der Waals surface area contributed by atoms with Gasteiger partial charge in [-0.05, 0) is 30.3 Å². The Morgan fingerprint density at radius 1 is 1.36 bits per heavy atom. The van der Waals surface area contributed by atoms with Gasteiger partial charge in [0.2, 0.25) is 5.91 Å². The van der Waals surface area contributed by atoms with E-state index < -0.39 is 0 Å². The second-order valence-electron chi connectivity index (χ2n) is 5.75. The molecule has 28 heavy (non-hydrogen) atoms. The van der Waals surface area contributed by atoms with E-state index in [-0.39, 0.29) is 23.8 Å². The molecule has 8 heteroatoms. The molecule has 0 aliphatic heterocycles. The van der Waals surface area contributed by atoms with Crippen LogP contribution in [0, 0.1) is 11.3 Å². The molecule has 0 atom stereocenters. The molecule has 3 rings (SSSR count). The van der Waals surface area contributed by atoms with E-state index in [0.29, 0.717) is 32.3 Å². The summed E-state index contributed by atoms with van der Waals surface area (Å²) in [7, 11) is 0. The van der Waals surface area contributed by atoms with Gasteiger partial charge in [0.1, 0.15) is 6.07 Å². The average molecular weight is 411 g/mol. The topological polar surface area (TPSA) is 87.8 Å². The number of nitrogens with zero attached hydrogens (tertiary/aromatic N) is 3. The number of para-hydroxylation sites is 1. The van der Waals surface area contributed by atoms with Gasteiger partial charge in [0.05, 0.1) is 27.9 Å². The highest BCUT2D eigenvalue weighted by Gasteiger charge is 2.14. The maximum Gasteiger partial charge on any atom is 0.262 e. The Kier molecular flexibility index (Phi) is 6.14. The zero-order chi connectivity index (χ0) is 20.1. The summed E-state index contributed by atoms with van der Waals surface area (Å²) in [6.45, 7) is 3.94. The molecule has 0 bridgehead atoms. The minimum Gasteiger partial charge on any atom is -0.324 e. The molecule has 0 aliphatic rings. The van der Waals surface area contributed by atoms with Crippen LogP contribution in [-0.2, 0) is 11.3 Å². The number of halogens is 1. The van der Waals surface area contributed by atoms with Crippen molar-refractivity contribution in [2.24, 2.45) is 0 Å². The number of carbonyl (C=O) groups is 1. The number of thioether (sulfide) groups is 1. The van der Waals surface area contributed by atoms with Crippen molar-refractivity contribution in [2.45, 2.75) is 11.7 Å². The molecule has 3 aromatic rings. The summed E-state index contributed by atoms with van der Waals surface area (Å²) in [6.07, 6.45) is 1.60. The van der Waals surface area contributed by atoms with Crippen LogP contribution in [0.2, 0.25) is 5.02 Å². The number of rotatable bonds is 6. The van der Waals surface area contributed by atoms with Crippen molar-refractivity contribution in [3.8, 4) is 6.07 Å². The third-order valence-electron chi connectivity index (χ3n) is 3.85. The summed E-state index contributed by atoms with van der Waals surface area (Å²) < 4.78 is 1.46. The van der Waals surface area contributed by atoms with Crippen molar-refractivity contribution in [1.82, 2.24) is 9.55 Å². The molecule has 1 amide bonds. The Bertz CT molecular complexity index is 1170. The third kappa shape index (κ3) is 4.25. The summed E-state index contributed by atoms with van der Waals surface area (Å²) in [4.78, 5) is 29.6. The Labute approximate surface area is 170 Å². The van der Waals surface area contributed by atoms with E-state index in [1.807, 2.05) is 6.07 Å². The van der Waals surface area contributed by atoms with Gasteiger partial charge < -0.3 is 5.32 Å². The molecule has 0 saturated heterocycles. The molecule has 6 nitrogen and oxygen atoms in total. The maximum absolute atomic E-state index is 12.8. The number of nitrogens with one attached hydrogen (secondary N) is 1.